The van der Waals surface area contributed by atoms with Gasteiger partial charge in [-0.3, -0.25) is 10.1 Å². The molecular formula is C3H6N2O2S. The largest absolute Gasteiger partial charge is 0.396 e. The molecule has 0 spiro atoms. The molecule has 46 valence electrons. The van der Waals surface area contributed by atoms with Crippen molar-refractivity contribution in [3.05, 3.63) is 20.8 Å². The fourth-order valence-corrected chi connectivity index (χ4v) is 0.144. The number of nitrogens with two attached hydrogens (primary N) is 1. The van der Waals surface area contributed by atoms with Gasteiger partial charge in [0, 0.05) is 0 Å². The Hall–Kier alpha value is -0.710. The molecule has 0 bridgehead atoms. The van der Waals surface area contributed by atoms with Crippen LogP contribution in [-0.2, 0) is 0 Å². The van der Waals surface area contributed by atoms with Gasteiger partial charge in [-0.1, -0.05) is 12.6 Å². The normalized spacial score (nSPS) is 12.8. The van der Waals surface area contributed by atoms with E-state index in [1.54, 1.807) is 0 Å². The minimum atomic E-state index is -0.640. The van der Waals surface area contributed by atoms with Gasteiger partial charge in [-0.05, 0) is 6.92 Å². The van der Waals surface area contributed by atoms with Gasteiger partial charge < -0.3 is 5.73 Å². The van der Waals surface area contributed by atoms with E-state index in [-0.39, 0.29) is 10.7 Å². The van der Waals surface area contributed by atoms with Gasteiger partial charge in [-0.2, -0.15) is 0 Å². The van der Waals surface area contributed by atoms with Crippen molar-refractivity contribution in [3.8, 4) is 0 Å². The van der Waals surface area contributed by atoms with Gasteiger partial charge in [0.15, 0.2) is 0 Å². The Kier molecular flexibility index (Phi) is 2.33. The van der Waals surface area contributed by atoms with Gasteiger partial charge >= 0.3 is 5.03 Å². The summed E-state index contributed by atoms with van der Waals surface area (Å²) in [4.78, 5) is 9.09. The predicted octanol–water partition coefficient (Wildman–Crippen LogP) is 0.341. The SMILES string of the molecule is CC(N)=C(S)[N+](=O)[O-]. The lowest BCUT2D eigenvalue weighted by atomic mass is 10.6. The summed E-state index contributed by atoms with van der Waals surface area (Å²) in [5.41, 5.74) is 5.12. The smallest absolute Gasteiger partial charge is 0.318 e. The lowest BCUT2D eigenvalue weighted by Gasteiger charge is -1.88. The summed E-state index contributed by atoms with van der Waals surface area (Å²) in [6.45, 7) is 1.42. The second kappa shape index (κ2) is 2.56. The quantitative estimate of drug-likeness (QED) is 0.308. The van der Waals surface area contributed by atoms with E-state index >= 15 is 0 Å². The van der Waals surface area contributed by atoms with E-state index < -0.39 is 4.92 Å². The van der Waals surface area contributed by atoms with Crippen LogP contribution in [0.5, 0.6) is 0 Å². The van der Waals surface area contributed by atoms with Crippen LogP contribution in [0.1, 0.15) is 6.92 Å². The van der Waals surface area contributed by atoms with Crippen molar-refractivity contribution >= 4 is 12.6 Å². The molecule has 0 aromatic rings. The third-order valence-electron chi connectivity index (χ3n) is 0.526. The van der Waals surface area contributed by atoms with E-state index in [4.69, 9.17) is 5.73 Å². The van der Waals surface area contributed by atoms with Crippen LogP contribution in [0, 0.1) is 10.1 Å². The maximum Gasteiger partial charge on any atom is 0.318 e. The molecule has 0 aliphatic heterocycles. The first-order valence-corrected chi connectivity index (χ1v) is 2.30. The van der Waals surface area contributed by atoms with E-state index in [1.807, 2.05) is 0 Å². The molecule has 5 heteroatoms. The average molecular weight is 134 g/mol. The second-order valence-electron chi connectivity index (χ2n) is 1.26. The van der Waals surface area contributed by atoms with E-state index in [0.717, 1.165) is 0 Å². The number of hydrogen-bond donors (Lipinski definition) is 2. The number of rotatable bonds is 1. The number of nitro groups is 1. The van der Waals surface area contributed by atoms with Crippen LogP contribution in [0.15, 0.2) is 10.7 Å². The molecule has 0 saturated heterocycles. The lowest BCUT2D eigenvalue weighted by molar-refractivity contribution is -0.411. The summed E-state index contributed by atoms with van der Waals surface area (Å²) in [5.74, 6) is 0. The Bertz CT molecular complexity index is 138. The molecule has 0 radical (unpaired) electrons. The zero-order chi connectivity index (χ0) is 6.73. The summed E-state index contributed by atoms with van der Waals surface area (Å²) in [5, 5.41) is 9.44. The topological polar surface area (TPSA) is 69.2 Å². The van der Waals surface area contributed by atoms with Crippen LogP contribution < -0.4 is 5.73 Å². The van der Waals surface area contributed by atoms with Crippen molar-refractivity contribution in [2.24, 2.45) is 5.73 Å². The number of thiol groups is 1. The molecule has 0 aliphatic rings. The third kappa shape index (κ3) is 1.83. The summed E-state index contributed by atoms with van der Waals surface area (Å²) >= 11 is 3.48. The lowest BCUT2D eigenvalue weighted by Crippen LogP contribution is -2.01. The highest BCUT2D eigenvalue weighted by molar-refractivity contribution is 7.84. The van der Waals surface area contributed by atoms with Crippen molar-refractivity contribution in [1.82, 2.24) is 0 Å². The molecule has 0 fully saturated rings. The Morgan fingerprint density at radius 1 is 1.88 bits per heavy atom. The van der Waals surface area contributed by atoms with Gasteiger partial charge in [0.1, 0.15) is 0 Å². The highest BCUT2D eigenvalue weighted by atomic mass is 32.1. The Balaban J connectivity index is 4.23. The van der Waals surface area contributed by atoms with Crippen LogP contribution in [0.25, 0.3) is 0 Å². The average Bonchev–Trinajstić information content (AvgIpc) is 1.64. The molecule has 4 nitrogen and oxygen atoms in total. The van der Waals surface area contributed by atoms with Crippen molar-refractivity contribution in [3.63, 3.8) is 0 Å². The van der Waals surface area contributed by atoms with E-state index in [9.17, 15) is 10.1 Å². The summed E-state index contributed by atoms with van der Waals surface area (Å²) in [6.07, 6.45) is 0. The minimum Gasteiger partial charge on any atom is -0.396 e. The van der Waals surface area contributed by atoms with E-state index in [2.05, 4.69) is 12.6 Å². The van der Waals surface area contributed by atoms with Crippen molar-refractivity contribution in [2.75, 3.05) is 0 Å². The predicted molar refractivity (Wildman–Crippen MR) is 32.9 cm³/mol. The molecule has 0 aliphatic carbocycles. The monoisotopic (exact) mass is 134 g/mol. The molecular weight excluding hydrogens is 128 g/mol. The summed E-state index contributed by atoms with van der Waals surface area (Å²) < 4.78 is 0. The van der Waals surface area contributed by atoms with Crippen LogP contribution in [0.4, 0.5) is 0 Å². The molecule has 0 heterocycles. The van der Waals surface area contributed by atoms with Gasteiger partial charge in [-0.25, -0.2) is 0 Å². The molecule has 2 N–H and O–H groups in total. The van der Waals surface area contributed by atoms with E-state index in [1.165, 1.54) is 6.92 Å². The fourth-order valence-electron chi connectivity index (χ4n) is 0.144. The van der Waals surface area contributed by atoms with Crippen molar-refractivity contribution < 1.29 is 4.92 Å². The maximum atomic E-state index is 9.73. The van der Waals surface area contributed by atoms with Gasteiger partial charge in [0.25, 0.3) is 0 Å². The molecule has 0 saturated carbocycles. The number of hydrogen-bond acceptors (Lipinski definition) is 4. The summed E-state index contributed by atoms with van der Waals surface area (Å²) in [7, 11) is 0. The first-order valence-electron chi connectivity index (χ1n) is 1.85. The zero-order valence-corrected chi connectivity index (χ0v) is 5.18. The first-order chi connectivity index (χ1) is 3.55. The van der Waals surface area contributed by atoms with Crippen LogP contribution >= 0.6 is 12.6 Å². The molecule has 8 heavy (non-hydrogen) atoms. The molecule has 0 unspecified atom stereocenters. The standard InChI is InChI=1S/C3H6N2O2S/c1-2(4)3(8)5(6)7/h8H,4H2,1H3. The van der Waals surface area contributed by atoms with Crippen molar-refractivity contribution in [1.29, 1.82) is 0 Å². The highest BCUT2D eigenvalue weighted by Crippen LogP contribution is 2.02. The van der Waals surface area contributed by atoms with Gasteiger partial charge in [0.2, 0.25) is 0 Å². The molecule has 0 atom stereocenters. The number of allylic oxidation sites excluding steroid dienone is 1. The van der Waals surface area contributed by atoms with E-state index in [0.29, 0.717) is 0 Å². The number of nitrogens with zero attached hydrogens (tertiary/aromatic N) is 1. The van der Waals surface area contributed by atoms with Gasteiger partial charge in [-0.15, -0.1) is 0 Å². The Morgan fingerprint density at radius 2 is 2.25 bits per heavy atom. The van der Waals surface area contributed by atoms with Gasteiger partial charge in [0.05, 0.1) is 10.6 Å². The van der Waals surface area contributed by atoms with Crippen molar-refractivity contribution in [2.45, 2.75) is 6.92 Å². The van der Waals surface area contributed by atoms with Crippen LogP contribution in [0.3, 0.4) is 0 Å². The minimum absolute atomic E-state index is 0.123. The molecule has 0 rings (SSSR count). The molecule has 0 aromatic heterocycles. The Labute approximate surface area is 51.9 Å². The maximum absolute atomic E-state index is 9.73. The molecule has 0 amide bonds. The highest BCUT2D eigenvalue weighted by Gasteiger charge is 2.04. The fraction of sp³-hybridized carbons (Fsp3) is 0.333. The molecule has 0 aromatic carbocycles. The van der Waals surface area contributed by atoms with Crippen LogP contribution in [-0.4, -0.2) is 4.92 Å². The zero-order valence-electron chi connectivity index (χ0n) is 4.29. The summed E-state index contributed by atoms with van der Waals surface area (Å²) in [6, 6.07) is 0. The second-order valence-corrected chi connectivity index (χ2v) is 1.69. The first kappa shape index (κ1) is 7.29. The van der Waals surface area contributed by atoms with Crippen LogP contribution in [0.2, 0.25) is 0 Å². The Morgan fingerprint density at radius 3 is 2.25 bits per heavy atom. The third-order valence-corrected chi connectivity index (χ3v) is 1.04.